The Morgan fingerprint density at radius 2 is 1.44 bits per heavy atom. The molecule has 0 unspecified atom stereocenters. The van der Waals surface area contributed by atoms with Crippen LogP contribution in [0.25, 0.3) is 0 Å². The fourth-order valence-electron chi connectivity index (χ4n) is 3.80. The summed E-state index contributed by atoms with van der Waals surface area (Å²) in [5.74, 6) is -2.69. The number of rotatable bonds is 14. The third-order valence-electron chi connectivity index (χ3n) is 5.95. The molecule has 0 aliphatic heterocycles. The number of urea groups is 1. The SMILES string of the molecule is Cc1ccccc1NC(=O)Nc1ccc(CNC(C)(C)CC(=O)c2ccc(OCC(=O)O)c(OCC(=O)O)c2)cc1. The number of anilines is 2. The van der Waals surface area contributed by atoms with E-state index in [0.717, 1.165) is 16.8 Å². The summed E-state index contributed by atoms with van der Waals surface area (Å²) in [5, 5.41) is 26.8. The number of ether oxygens (including phenoxy) is 2. The van der Waals surface area contributed by atoms with Crippen molar-refractivity contribution in [3.05, 3.63) is 83.4 Å². The molecule has 5 N–H and O–H groups in total. The van der Waals surface area contributed by atoms with Gasteiger partial charge in [-0.2, -0.15) is 0 Å². The van der Waals surface area contributed by atoms with Crippen molar-refractivity contribution in [2.75, 3.05) is 23.8 Å². The molecule has 0 saturated carbocycles. The number of carboxylic acid groups (broad SMARTS) is 2. The van der Waals surface area contributed by atoms with E-state index in [4.69, 9.17) is 19.7 Å². The van der Waals surface area contributed by atoms with Gasteiger partial charge in [-0.15, -0.1) is 0 Å². The lowest BCUT2D eigenvalue weighted by Gasteiger charge is -2.26. The van der Waals surface area contributed by atoms with Gasteiger partial charge in [-0.3, -0.25) is 4.79 Å². The number of ketones is 1. The average molecular weight is 564 g/mol. The Morgan fingerprint density at radius 1 is 0.805 bits per heavy atom. The molecule has 0 radical (unpaired) electrons. The van der Waals surface area contributed by atoms with E-state index in [-0.39, 0.29) is 35.3 Å². The van der Waals surface area contributed by atoms with Crippen LogP contribution in [0.5, 0.6) is 11.5 Å². The largest absolute Gasteiger partial charge is 0.479 e. The molecule has 0 aromatic heterocycles. The van der Waals surface area contributed by atoms with E-state index in [0.29, 0.717) is 12.2 Å². The molecule has 0 aliphatic rings. The zero-order valence-electron chi connectivity index (χ0n) is 23.0. The van der Waals surface area contributed by atoms with Gasteiger partial charge in [0.1, 0.15) is 0 Å². The van der Waals surface area contributed by atoms with Gasteiger partial charge in [-0.05, 0) is 68.3 Å². The number of Topliss-reactive ketones (excluding diaryl/α,β-unsaturated/α-hetero) is 1. The topological polar surface area (TPSA) is 163 Å². The van der Waals surface area contributed by atoms with Crippen molar-refractivity contribution in [1.82, 2.24) is 5.32 Å². The van der Waals surface area contributed by atoms with Gasteiger partial charge < -0.3 is 35.6 Å². The Bertz CT molecular complexity index is 1400. The molecule has 3 aromatic carbocycles. The second-order valence-electron chi connectivity index (χ2n) is 9.95. The minimum atomic E-state index is -1.23. The van der Waals surface area contributed by atoms with Crippen LogP contribution in [0.3, 0.4) is 0 Å². The van der Waals surface area contributed by atoms with Crippen molar-refractivity contribution in [1.29, 1.82) is 0 Å². The number of hydrogen-bond donors (Lipinski definition) is 5. The highest BCUT2D eigenvalue weighted by molar-refractivity contribution is 6.00. The molecular formula is C30H33N3O8. The van der Waals surface area contributed by atoms with Crippen LogP contribution in [-0.4, -0.2) is 52.7 Å². The first-order valence-corrected chi connectivity index (χ1v) is 12.8. The molecule has 3 aromatic rings. The number of aliphatic carboxylic acids is 2. The zero-order chi connectivity index (χ0) is 30.0. The number of nitrogens with one attached hydrogen (secondary N) is 3. The molecule has 0 spiro atoms. The number of amides is 2. The minimum absolute atomic E-state index is 0.0215. The highest BCUT2D eigenvalue weighted by Gasteiger charge is 2.23. The smallest absolute Gasteiger partial charge is 0.341 e. The average Bonchev–Trinajstić information content (AvgIpc) is 2.91. The first-order valence-electron chi connectivity index (χ1n) is 12.8. The maximum absolute atomic E-state index is 13.0. The lowest BCUT2D eigenvalue weighted by molar-refractivity contribution is -0.140. The maximum Gasteiger partial charge on any atom is 0.341 e. The maximum atomic E-state index is 13.0. The number of carbonyl (C=O) groups is 4. The van der Waals surface area contributed by atoms with E-state index in [1.807, 2.05) is 57.2 Å². The Balaban J connectivity index is 1.56. The van der Waals surface area contributed by atoms with Crippen molar-refractivity contribution < 1.29 is 38.9 Å². The summed E-state index contributed by atoms with van der Waals surface area (Å²) in [7, 11) is 0. The highest BCUT2D eigenvalue weighted by atomic mass is 16.5. The van der Waals surface area contributed by atoms with Crippen LogP contribution in [0.1, 0.15) is 41.8 Å². The molecule has 0 bridgehead atoms. The van der Waals surface area contributed by atoms with Gasteiger partial charge in [0.25, 0.3) is 0 Å². The Kier molecular flexibility index (Phi) is 10.4. The molecule has 0 heterocycles. The van der Waals surface area contributed by atoms with Crippen LogP contribution in [0.2, 0.25) is 0 Å². The lowest BCUT2D eigenvalue weighted by atomic mass is 9.93. The second kappa shape index (κ2) is 13.9. The van der Waals surface area contributed by atoms with Crippen molar-refractivity contribution in [3.8, 4) is 11.5 Å². The molecule has 2 amide bonds. The molecule has 3 rings (SSSR count). The summed E-state index contributed by atoms with van der Waals surface area (Å²) in [5.41, 5.74) is 2.92. The molecule has 41 heavy (non-hydrogen) atoms. The normalized spacial score (nSPS) is 10.9. The van der Waals surface area contributed by atoms with Crippen molar-refractivity contribution in [2.45, 2.75) is 39.3 Å². The van der Waals surface area contributed by atoms with Crippen LogP contribution < -0.4 is 25.4 Å². The van der Waals surface area contributed by atoms with Crippen molar-refractivity contribution in [3.63, 3.8) is 0 Å². The van der Waals surface area contributed by atoms with Crippen LogP contribution >= 0.6 is 0 Å². The van der Waals surface area contributed by atoms with Gasteiger partial charge in [-0.1, -0.05) is 30.3 Å². The van der Waals surface area contributed by atoms with E-state index in [1.165, 1.54) is 18.2 Å². The van der Waals surface area contributed by atoms with Crippen LogP contribution in [-0.2, 0) is 16.1 Å². The number of aryl methyl sites for hydroxylation is 1. The van der Waals surface area contributed by atoms with Gasteiger partial charge in [0.15, 0.2) is 30.5 Å². The van der Waals surface area contributed by atoms with Gasteiger partial charge >= 0.3 is 18.0 Å². The summed E-state index contributed by atoms with van der Waals surface area (Å²) < 4.78 is 10.4. The molecule has 0 atom stereocenters. The molecule has 11 nitrogen and oxygen atoms in total. The van der Waals surface area contributed by atoms with Gasteiger partial charge in [0, 0.05) is 35.4 Å². The minimum Gasteiger partial charge on any atom is -0.479 e. The first-order chi connectivity index (χ1) is 19.4. The molecule has 11 heteroatoms. The number of benzene rings is 3. The van der Waals surface area contributed by atoms with E-state index in [2.05, 4.69) is 16.0 Å². The predicted molar refractivity (Wildman–Crippen MR) is 153 cm³/mol. The highest BCUT2D eigenvalue weighted by Crippen LogP contribution is 2.30. The summed E-state index contributed by atoms with van der Waals surface area (Å²) >= 11 is 0. The third-order valence-corrected chi connectivity index (χ3v) is 5.95. The first kappa shape index (κ1) is 30.6. The fraction of sp³-hybridized carbons (Fsp3) is 0.267. The molecule has 0 fully saturated rings. The predicted octanol–water partition coefficient (Wildman–Crippen LogP) is 4.71. The van der Waals surface area contributed by atoms with E-state index < -0.39 is 30.7 Å². The number of para-hydroxylation sites is 1. The number of carbonyl (C=O) groups excluding carboxylic acids is 2. The Morgan fingerprint density at radius 3 is 2.07 bits per heavy atom. The number of hydrogen-bond acceptors (Lipinski definition) is 7. The zero-order valence-corrected chi connectivity index (χ0v) is 23.0. The van der Waals surface area contributed by atoms with E-state index >= 15 is 0 Å². The summed E-state index contributed by atoms with van der Waals surface area (Å²) in [6, 6.07) is 18.7. The molecule has 0 aliphatic carbocycles. The fourth-order valence-corrected chi connectivity index (χ4v) is 3.80. The monoisotopic (exact) mass is 563 g/mol. The van der Waals surface area contributed by atoms with Crippen LogP contribution in [0.15, 0.2) is 66.7 Å². The lowest BCUT2D eigenvalue weighted by Crippen LogP contribution is -2.40. The summed E-state index contributed by atoms with van der Waals surface area (Å²) in [6.45, 7) is 4.80. The summed E-state index contributed by atoms with van der Waals surface area (Å²) in [6.07, 6.45) is 0.111. The van der Waals surface area contributed by atoms with E-state index in [1.54, 1.807) is 12.1 Å². The molecular weight excluding hydrogens is 530 g/mol. The van der Waals surface area contributed by atoms with Crippen molar-refractivity contribution in [2.24, 2.45) is 0 Å². The second-order valence-corrected chi connectivity index (χ2v) is 9.95. The van der Waals surface area contributed by atoms with Crippen molar-refractivity contribution >= 4 is 35.1 Å². The third kappa shape index (κ3) is 9.97. The Hall–Kier alpha value is -4.90. The van der Waals surface area contributed by atoms with Gasteiger partial charge in [-0.25, -0.2) is 14.4 Å². The van der Waals surface area contributed by atoms with Crippen LogP contribution in [0, 0.1) is 6.92 Å². The standard InChI is InChI=1S/C30H33N3O8/c1-19-6-4-5-7-23(19)33-29(39)32-22-11-8-20(9-12-22)16-31-30(2,3)15-24(34)21-10-13-25(40-17-27(35)36)26(14-21)41-18-28(37)38/h4-14,31H,15-18H2,1-3H3,(H,35,36)(H,37,38)(H2,32,33,39). The molecule has 216 valence electrons. The summed E-state index contributed by atoms with van der Waals surface area (Å²) in [4.78, 5) is 47.1. The van der Waals surface area contributed by atoms with E-state index in [9.17, 15) is 19.2 Å². The molecule has 0 saturated heterocycles. The van der Waals surface area contributed by atoms with Gasteiger partial charge in [0.05, 0.1) is 0 Å². The quantitative estimate of drug-likeness (QED) is 0.175. The van der Waals surface area contributed by atoms with Gasteiger partial charge in [0.2, 0.25) is 0 Å². The van der Waals surface area contributed by atoms with Crippen LogP contribution in [0.4, 0.5) is 16.2 Å². The number of carboxylic acids is 2. The Labute approximate surface area is 237 Å².